The Hall–Kier alpha value is -1.92. The first-order chi connectivity index (χ1) is 14.2. The van der Waals surface area contributed by atoms with Crippen molar-refractivity contribution in [3.8, 4) is 0 Å². The lowest BCUT2D eigenvalue weighted by molar-refractivity contribution is -0.130. The van der Waals surface area contributed by atoms with Crippen molar-refractivity contribution in [1.82, 2.24) is 10.6 Å². The summed E-state index contributed by atoms with van der Waals surface area (Å²) in [6.07, 6.45) is 9.96. The molecule has 0 aromatic heterocycles. The Kier molecular flexibility index (Phi) is 8.96. The van der Waals surface area contributed by atoms with Crippen LogP contribution in [0.3, 0.4) is 0 Å². The molecule has 2 N–H and O–H groups in total. The number of nitrogens with one attached hydrogen (secondary N) is 2. The molecule has 0 aliphatic heterocycles. The van der Waals surface area contributed by atoms with E-state index in [0.29, 0.717) is 13.0 Å². The van der Waals surface area contributed by atoms with Gasteiger partial charge in [0.25, 0.3) is 0 Å². The summed E-state index contributed by atoms with van der Waals surface area (Å²) in [7, 11) is 0. The minimum absolute atomic E-state index is 0.0781. The predicted molar refractivity (Wildman–Crippen MR) is 112 cm³/mol. The molecular formula is C23H34N2O4. The highest BCUT2D eigenvalue weighted by Crippen LogP contribution is 2.21. The first kappa shape index (κ1) is 21.8. The Labute approximate surface area is 173 Å². The molecule has 2 aliphatic rings. The zero-order valence-corrected chi connectivity index (χ0v) is 17.2. The molecule has 29 heavy (non-hydrogen) atoms. The van der Waals surface area contributed by atoms with Gasteiger partial charge in [-0.3, -0.25) is 9.59 Å². The van der Waals surface area contributed by atoms with Gasteiger partial charge < -0.3 is 20.1 Å². The number of amides is 2. The van der Waals surface area contributed by atoms with Crippen molar-refractivity contribution in [2.75, 3.05) is 19.8 Å². The standard InChI is InChI=1S/C23H34N2O4/c26-22(16-28-20-10-4-5-11-20)24-15-19(14-18-8-2-1-3-9-18)25-23(27)17-29-21-12-6-7-13-21/h1-3,8-9,19-21H,4-7,10-17H2,(H,24,26)(H,25,27)/t19-/m1/s1. The maximum Gasteiger partial charge on any atom is 0.246 e. The topological polar surface area (TPSA) is 76.7 Å². The molecule has 6 heteroatoms. The number of benzene rings is 1. The second-order valence-corrected chi connectivity index (χ2v) is 8.19. The van der Waals surface area contributed by atoms with Crippen LogP contribution >= 0.6 is 0 Å². The van der Waals surface area contributed by atoms with Gasteiger partial charge in [0.1, 0.15) is 13.2 Å². The monoisotopic (exact) mass is 402 g/mol. The van der Waals surface area contributed by atoms with Crippen molar-refractivity contribution in [1.29, 1.82) is 0 Å². The van der Waals surface area contributed by atoms with Gasteiger partial charge in [-0.2, -0.15) is 0 Å². The second-order valence-electron chi connectivity index (χ2n) is 8.19. The van der Waals surface area contributed by atoms with Crippen LogP contribution in [0.5, 0.6) is 0 Å². The first-order valence-corrected chi connectivity index (χ1v) is 11.0. The van der Waals surface area contributed by atoms with Crippen LogP contribution in [0, 0.1) is 0 Å². The SMILES string of the molecule is O=C(COC1CCCC1)NC[C@@H](Cc1ccccc1)NC(=O)COC1CCCC1. The number of carbonyl (C=O) groups excluding carboxylic acids is 2. The molecule has 0 unspecified atom stereocenters. The highest BCUT2D eigenvalue weighted by Gasteiger charge is 2.20. The highest BCUT2D eigenvalue weighted by molar-refractivity contribution is 5.78. The first-order valence-electron chi connectivity index (χ1n) is 11.0. The smallest absolute Gasteiger partial charge is 0.246 e. The molecular weight excluding hydrogens is 368 g/mol. The van der Waals surface area contributed by atoms with Crippen molar-refractivity contribution in [2.45, 2.75) is 76.0 Å². The lowest BCUT2D eigenvalue weighted by Gasteiger charge is -2.21. The highest BCUT2D eigenvalue weighted by atomic mass is 16.5. The molecule has 0 heterocycles. The zero-order valence-electron chi connectivity index (χ0n) is 17.2. The molecule has 6 nitrogen and oxygen atoms in total. The van der Waals surface area contributed by atoms with Crippen LogP contribution in [0.1, 0.15) is 56.9 Å². The van der Waals surface area contributed by atoms with Crippen molar-refractivity contribution in [2.24, 2.45) is 0 Å². The van der Waals surface area contributed by atoms with Crippen molar-refractivity contribution in [3.63, 3.8) is 0 Å². The molecule has 3 rings (SSSR count). The van der Waals surface area contributed by atoms with Gasteiger partial charge in [0.15, 0.2) is 0 Å². The third-order valence-electron chi connectivity index (χ3n) is 5.74. The van der Waals surface area contributed by atoms with Crippen LogP contribution < -0.4 is 10.6 Å². The van der Waals surface area contributed by atoms with E-state index in [1.165, 1.54) is 25.7 Å². The van der Waals surface area contributed by atoms with Crippen molar-refractivity contribution in [3.05, 3.63) is 35.9 Å². The molecule has 0 spiro atoms. The van der Waals surface area contributed by atoms with E-state index in [-0.39, 0.29) is 43.3 Å². The fourth-order valence-corrected chi connectivity index (χ4v) is 4.13. The fourth-order valence-electron chi connectivity index (χ4n) is 4.13. The van der Waals surface area contributed by atoms with E-state index in [0.717, 1.165) is 31.2 Å². The molecule has 1 aromatic rings. The molecule has 160 valence electrons. The maximum absolute atomic E-state index is 12.4. The van der Waals surface area contributed by atoms with Crippen molar-refractivity contribution < 1.29 is 19.1 Å². The van der Waals surface area contributed by atoms with E-state index in [1.807, 2.05) is 30.3 Å². The Morgan fingerprint density at radius 1 is 0.862 bits per heavy atom. The van der Waals surface area contributed by atoms with E-state index in [2.05, 4.69) is 10.6 Å². The number of rotatable bonds is 11. The number of ether oxygens (including phenoxy) is 2. The molecule has 2 saturated carbocycles. The van der Waals surface area contributed by atoms with E-state index in [4.69, 9.17) is 9.47 Å². The average Bonchev–Trinajstić information content (AvgIpc) is 3.44. The van der Waals surface area contributed by atoms with E-state index < -0.39 is 0 Å². The summed E-state index contributed by atoms with van der Waals surface area (Å²) in [6, 6.07) is 9.79. The number of hydrogen-bond acceptors (Lipinski definition) is 4. The van der Waals surface area contributed by atoms with Crippen LogP contribution in [0.15, 0.2) is 30.3 Å². The normalized spacial score (nSPS) is 18.6. The number of carbonyl (C=O) groups is 2. The van der Waals surface area contributed by atoms with Crippen LogP contribution in [-0.2, 0) is 25.5 Å². The third-order valence-corrected chi connectivity index (χ3v) is 5.74. The fraction of sp³-hybridized carbons (Fsp3) is 0.652. The molecule has 2 amide bonds. The Morgan fingerprint density at radius 2 is 1.41 bits per heavy atom. The molecule has 1 atom stereocenters. The summed E-state index contributed by atoms with van der Waals surface area (Å²) in [5, 5.41) is 5.93. The second kappa shape index (κ2) is 11.9. The van der Waals surface area contributed by atoms with Gasteiger partial charge in [0.2, 0.25) is 11.8 Å². The van der Waals surface area contributed by atoms with E-state index in [1.54, 1.807) is 0 Å². The molecule has 2 fully saturated rings. The lowest BCUT2D eigenvalue weighted by Crippen LogP contribution is -2.47. The van der Waals surface area contributed by atoms with Crippen LogP contribution in [0.25, 0.3) is 0 Å². The van der Waals surface area contributed by atoms with Crippen molar-refractivity contribution >= 4 is 11.8 Å². The third kappa shape index (κ3) is 8.15. The molecule has 2 aliphatic carbocycles. The van der Waals surface area contributed by atoms with Gasteiger partial charge in [0, 0.05) is 6.54 Å². The van der Waals surface area contributed by atoms with Crippen LogP contribution in [0.4, 0.5) is 0 Å². The Bertz CT molecular complexity index is 625. The summed E-state index contributed by atoms with van der Waals surface area (Å²) in [5.74, 6) is -0.263. The average molecular weight is 403 g/mol. The van der Waals surface area contributed by atoms with Gasteiger partial charge in [-0.15, -0.1) is 0 Å². The van der Waals surface area contributed by atoms with Gasteiger partial charge >= 0.3 is 0 Å². The van der Waals surface area contributed by atoms with Gasteiger partial charge in [-0.05, 0) is 37.7 Å². The summed E-state index contributed by atoms with van der Waals surface area (Å²) in [4.78, 5) is 24.5. The molecule has 0 radical (unpaired) electrons. The maximum atomic E-state index is 12.4. The summed E-state index contributed by atoms with van der Waals surface area (Å²) in [5.41, 5.74) is 1.12. The quantitative estimate of drug-likeness (QED) is 0.597. The number of hydrogen-bond donors (Lipinski definition) is 2. The van der Waals surface area contributed by atoms with Gasteiger partial charge in [-0.25, -0.2) is 0 Å². The summed E-state index contributed by atoms with van der Waals surface area (Å²) < 4.78 is 11.4. The van der Waals surface area contributed by atoms with Gasteiger partial charge in [0.05, 0.1) is 18.2 Å². The molecule has 0 saturated heterocycles. The van der Waals surface area contributed by atoms with E-state index in [9.17, 15) is 9.59 Å². The Morgan fingerprint density at radius 3 is 2.00 bits per heavy atom. The minimum atomic E-state index is -0.187. The van der Waals surface area contributed by atoms with Crippen LogP contribution in [0.2, 0.25) is 0 Å². The van der Waals surface area contributed by atoms with E-state index >= 15 is 0 Å². The predicted octanol–water partition coefficient (Wildman–Crippen LogP) is 2.75. The zero-order chi connectivity index (χ0) is 20.3. The Balaban J connectivity index is 1.44. The summed E-state index contributed by atoms with van der Waals surface area (Å²) >= 11 is 0. The lowest BCUT2D eigenvalue weighted by atomic mass is 10.1. The van der Waals surface area contributed by atoms with Gasteiger partial charge in [-0.1, -0.05) is 56.0 Å². The van der Waals surface area contributed by atoms with Crippen LogP contribution in [-0.4, -0.2) is 49.8 Å². The molecule has 0 bridgehead atoms. The molecule has 1 aromatic carbocycles. The summed E-state index contributed by atoms with van der Waals surface area (Å²) in [6.45, 7) is 0.535. The largest absolute Gasteiger partial charge is 0.368 e. The minimum Gasteiger partial charge on any atom is -0.368 e.